The van der Waals surface area contributed by atoms with Crippen LogP contribution in [0.15, 0.2) is 95.9 Å². The second-order valence-electron chi connectivity index (χ2n) is 9.15. The summed E-state index contributed by atoms with van der Waals surface area (Å²) in [4.78, 5) is 22.8. The van der Waals surface area contributed by atoms with Crippen molar-refractivity contribution in [3.8, 4) is 16.9 Å². The number of hydrogen-bond acceptors (Lipinski definition) is 4. The number of aliphatic hydroxyl groups is 1. The molecule has 0 aliphatic carbocycles. The fourth-order valence-electron chi connectivity index (χ4n) is 4.47. The molecular weight excluding hydrogens is 572 g/mol. The predicted molar refractivity (Wildman–Crippen MR) is 141 cm³/mol. The summed E-state index contributed by atoms with van der Waals surface area (Å²) in [5.74, 6) is 0.135. The summed E-state index contributed by atoms with van der Waals surface area (Å²) in [5.41, 5.74) is -5.40. The molecule has 1 N–H and O–H groups in total. The van der Waals surface area contributed by atoms with Gasteiger partial charge in [0.15, 0.2) is 0 Å². The minimum atomic E-state index is -6.10. The minimum Gasteiger partial charge on any atom is -0.369 e. The molecule has 12 heteroatoms. The van der Waals surface area contributed by atoms with E-state index in [4.69, 9.17) is 11.6 Å². The van der Waals surface area contributed by atoms with E-state index in [0.717, 1.165) is 16.2 Å². The highest BCUT2D eigenvalue weighted by Gasteiger charge is 2.71. The first kappa shape index (κ1) is 28.3. The summed E-state index contributed by atoms with van der Waals surface area (Å²) in [6.07, 6.45) is -10.5. The Morgan fingerprint density at radius 1 is 0.829 bits per heavy atom. The van der Waals surface area contributed by atoms with Crippen LogP contribution in [0, 0.1) is 0 Å². The number of benzene rings is 3. The molecule has 0 unspecified atom stereocenters. The number of nitrogens with zero attached hydrogens (tertiary/aromatic N) is 3. The van der Waals surface area contributed by atoms with Gasteiger partial charge in [-0.2, -0.15) is 26.3 Å². The summed E-state index contributed by atoms with van der Waals surface area (Å²) in [7, 11) is 0. The Hall–Kier alpha value is -4.22. The predicted octanol–water partition coefficient (Wildman–Crippen LogP) is 7.00. The maximum atomic E-state index is 13.9. The number of halogens is 7. The van der Waals surface area contributed by atoms with E-state index in [1.54, 1.807) is 72.9 Å². The van der Waals surface area contributed by atoms with E-state index in [1.807, 2.05) is 0 Å². The first-order valence-corrected chi connectivity index (χ1v) is 12.4. The molecule has 0 saturated heterocycles. The lowest BCUT2D eigenvalue weighted by molar-refractivity contribution is -0.376. The van der Waals surface area contributed by atoms with E-state index in [2.05, 4.69) is 9.97 Å². The van der Waals surface area contributed by atoms with Crippen molar-refractivity contribution in [1.82, 2.24) is 14.5 Å². The second-order valence-corrected chi connectivity index (χ2v) is 9.56. The Morgan fingerprint density at radius 3 is 2.12 bits per heavy atom. The Morgan fingerprint density at radius 2 is 1.51 bits per heavy atom. The number of fused-ring (bicyclic) bond motifs is 1. The molecule has 0 saturated carbocycles. The third-order valence-electron chi connectivity index (χ3n) is 6.53. The maximum absolute atomic E-state index is 13.9. The molecule has 0 amide bonds. The van der Waals surface area contributed by atoms with Gasteiger partial charge >= 0.3 is 12.4 Å². The highest BCUT2D eigenvalue weighted by Crippen LogP contribution is 2.50. The Bertz CT molecular complexity index is 1780. The first-order valence-electron chi connectivity index (χ1n) is 12.0. The van der Waals surface area contributed by atoms with Gasteiger partial charge in [0.25, 0.3) is 11.2 Å². The van der Waals surface area contributed by atoms with E-state index in [-0.39, 0.29) is 23.3 Å². The SMILES string of the molecule is O=c1c2cc(-c3ccccn3)ccc2nc(Cc2ccccc2)n1-c1ccc(C(O)(C(F)(F)F)C(F)(F)F)cc1Cl. The van der Waals surface area contributed by atoms with Gasteiger partial charge < -0.3 is 5.11 Å². The Labute approximate surface area is 233 Å². The molecule has 2 heterocycles. The fraction of sp³-hybridized carbons (Fsp3) is 0.138. The monoisotopic (exact) mass is 589 g/mol. The highest BCUT2D eigenvalue weighted by atomic mass is 35.5. The molecule has 5 nitrogen and oxygen atoms in total. The average Bonchev–Trinajstić information content (AvgIpc) is 2.93. The third-order valence-corrected chi connectivity index (χ3v) is 6.83. The Kier molecular flexibility index (Phi) is 7.12. The van der Waals surface area contributed by atoms with Crippen LogP contribution in [0.1, 0.15) is 17.0 Å². The van der Waals surface area contributed by atoms with Gasteiger partial charge in [-0.15, -0.1) is 0 Å². The summed E-state index contributed by atoms with van der Waals surface area (Å²) in [6.45, 7) is 0. The van der Waals surface area contributed by atoms with Crippen molar-refractivity contribution < 1.29 is 31.4 Å². The molecule has 5 rings (SSSR count). The van der Waals surface area contributed by atoms with Gasteiger partial charge in [0, 0.05) is 23.7 Å². The number of rotatable bonds is 5. The lowest BCUT2D eigenvalue weighted by atomic mass is 9.92. The number of aromatic nitrogens is 3. The van der Waals surface area contributed by atoms with E-state index in [0.29, 0.717) is 28.9 Å². The summed E-state index contributed by atoms with van der Waals surface area (Å²) < 4.78 is 81.9. The fourth-order valence-corrected chi connectivity index (χ4v) is 4.74. The van der Waals surface area contributed by atoms with Crippen molar-refractivity contribution in [3.05, 3.63) is 123 Å². The standard InChI is InChI=1S/C29H18ClF6N3O2/c30-21-16-19(27(41,28(31,32)33)29(34,35)36)10-12-24(21)39-25(14-17-6-2-1-3-7-17)38-23-11-9-18(15-20(23)26(39)40)22-8-4-5-13-37-22/h1-13,15-16,41H,14H2. The van der Waals surface area contributed by atoms with Crippen LogP contribution in [-0.4, -0.2) is 32.0 Å². The van der Waals surface area contributed by atoms with Crippen LogP contribution < -0.4 is 5.56 Å². The zero-order chi connectivity index (χ0) is 29.6. The van der Waals surface area contributed by atoms with Gasteiger partial charge in [-0.3, -0.25) is 14.3 Å². The van der Waals surface area contributed by atoms with Gasteiger partial charge in [0.1, 0.15) is 5.82 Å². The minimum absolute atomic E-state index is 0.0845. The lowest BCUT2D eigenvalue weighted by Crippen LogP contribution is -2.53. The highest BCUT2D eigenvalue weighted by molar-refractivity contribution is 6.32. The largest absolute Gasteiger partial charge is 0.430 e. The lowest BCUT2D eigenvalue weighted by Gasteiger charge is -2.33. The topological polar surface area (TPSA) is 68.0 Å². The van der Waals surface area contributed by atoms with E-state index in [9.17, 15) is 36.2 Å². The number of alkyl halides is 6. The molecule has 0 spiro atoms. The zero-order valence-corrected chi connectivity index (χ0v) is 21.5. The summed E-state index contributed by atoms with van der Waals surface area (Å²) in [5, 5.41) is 9.32. The zero-order valence-electron chi connectivity index (χ0n) is 20.7. The molecule has 2 aromatic heterocycles. The van der Waals surface area contributed by atoms with Crippen molar-refractivity contribution in [1.29, 1.82) is 0 Å². The van der Waals surface area contributed by atoms with E-state index >= 15 is 0 Å². The molecule has 0 fully saturated rings. The molecule has 41 heavy (non-hydrogen) atoms. The molecule has 0 atom stereocenters. The molecular formula is C29H18ClF6N3O2. The van der Waals surface area contributed by atoms with Gasteiger partial charge in [0.2, 0.25) is 0 Å². The number of pyridine rings is 1. The van der Waals surface area contributed by atoms with Crippen LogP contribution in [0.25, 0.3) is 27.8 Å². The van der Waals surface area contributed by atoms with E-state index in [1.165, 1.54) is 0 Å². The normalized spacial score (nSPS) is 12.6. The third kappa shape index (κ3) is 5.07. The second kappa shape index (κ2) is 10.3. The van der Waals surface area contributed by atoms with Crippen molar-refractivity contribution >= 4 is 22.5 Å². The summed E-state index contributed by atoms with van der Waals surface area (Å²) in [6, 6.07) is 20.6. The molecule has 0 aliphatic rings. The maximum Gasteiger partial charge on any atom is 0.430 e. The van der Waals surface area contributed by atoms with Crippen molar-refractivity contribution in [2.24, 2.45) is 0 Å². The van der Waals surface area contributed by atoms with Crippen molar-refractivity contribution in [2.45, 2.75) is 24.4 Å². The molecule has 3 aromatic carbocycles. The van der Waals surface area contributed by atoms with E-state index < -0.39 is 34.1 Å². The molecule has 0 bridgehead atoms. The van der Waals surface area contributed by atoms with Crippen LogP contribution in [0.4, 0.5) is 26.3 Å². The molecule has 0 aliphatic heterocycles. The van der Waals surface area contributed by atoms with Crippen LogP contribution in [-0.2, 0) is 12.0 Å². The quantitative estimate of drug-likeness (QED) is 0.224. The average molecular weight is 590 g/mol. The molecule has 5 aromatic rings. The van der Waals surface area contributed by atoms with Crippen LogP contribution in [0.5, 0.6) is 0 Å². The van der Waals surface area contributed by atoms with Gasteiger partial charge in [0.05, 0.1) is 27.3 Å². The van der Waals surface area contributed by atoms with Crippen molar-refractivity contribution in [3.63, 3.8) is 0 Å². The molecule has 210 valence electrons. The van der Waals surface area contributed by atoms with Crippen molar-refractivity contribution in [2.75, 3.05) is 0 Å². The van der Waals surface area contributed by atoms with Gasteiger partial charge in [-0.25, -0.2) is 4.98 Å². The van der Waals surface area contributed by atoms with Crippen LogP contribution in [0.3, 0.4) is 0 Å². The summed E-state index contributed by atoms with van der Waals surface area (Å²) >= 11 is 6.25. The van der Waals surface area contributed by atoms with Crippen LogP contribution in [0.2, 0.25) is 5.02 Å². The smallest absolute Gasteiger partial charge is 0.369 e. The first-order chi connectivity index (χ1) is 19.3. The number of hydrogen-bond donors (Lipinski definition) is 1. The van der Waals surface area contributed by atoms with Gasteiger partial charge in [-0.05, 0) is 42.0 Å². The van der Waals surface area contributed by atoms with Gasteiger partial charge in [-0.1, -0.05) is 60.1 Å². The molecule has 0 radical (unpaired) electrons. The Balaban J connectivity index is 1.74. The van der Waals surface area contributed by atoms with Crippen LogP contribution >= 0.6 is 11.6 Å².